The number of para-hydroxylation sites is 1. The molecule has 0 aliphatic carbocycles. The zero-order valence-corrected chi connectivity index (χ0v) is 22.9. The standard InChI is InChI=1S/C30H29N5O7/c1-39-30(38)20-10-8-19(9-11-20)28(29(37)31-16-22-5-4-14-40-22)35(21-12-13-25-26(15-21)42-18-41-25)27(36)17-34-24-7-3-2-6-23(24)32-33-34/h2-3,6-13,15,22,28H,4-5,14,16-18H2,1H3,(H,31,37)/t22-,28-/m1/s1. The maximum absolute atomic E-state index is 14.2. The molecule has 3 heterocycles. The van der Waals surface area contributed by atoms with E-state index in [1.807, 2.05) is 24.3 Å². The fourth-order valence-corrected chi connectivity index (χ4v) is 5.16. The van der Waals surface area contributed by atoms with Gasteiger partial charge in [0.15, 0.2) is 11.5 Å². The Morgan fingerprint density at radius 1 is 1.07 bits per heavy atom. The Balaban J connectivity index is 1.41. The molecule has 12 nitrogen and oxygen atoms in total. The maximum Gasteiger partial charge on any atom is 0.337 e. The lowest BCUT2D eigenvalue weighted by Gasteiger charge is -2.32. The summed E-state index contributed by atoms with van der Waals surface area (Å²) in [5, 5.41) is 11.3. The van der Waals surface area contributed by atoms with Gasteiger partial charge in [-0.2, -0.15) is 0 Å². The van der Waals surface area contributed by atoms with E-state index in [-0.39, 0.29) is 19.4 Å². The average Bonchev–Trinajstić information content (AvgIpc) is 3.80. The number of aromatic nitrogens is 3. The summed E-state index contributed by atoms with van der Waals surface area (Å²) in [7, 11) is 1.30. The first-order valence-corrected chi connectivity index (χ1v) is 13.6. The Bertz CT molecular complexity index is 1610. The Labute approximate surface area is 241 Å². The SMILES string of the molecule is COC(=O)c1ccc([C@H](C(=O)NC[C@H]2CCCO2)N(C(=O)Cn2nnc3ccccc32)c2ccc3c(c2)OCO3)cc1. The first-order valence-electron chi connectivity index (χ1n) is 13.6. The second-order valence-corrected chi connectivity index (χ2v) is 9.93. The first-order chi connectivity index (χ1) is 20.5. The molecule has 0 radical (unpaired) electrons. The number of benzene rings is 3. The van der Waals surface area contributed by atoms with E-state index in [1.165, 1.54) is 16.7 Å². The maximum atomic E-state index is 14.2. The Kier molecular flexibility index (Phi) is 7.69. The normalized spacial score (nSPS) is 16.3. The molecule has 2 atom stereocenters. The van der Waals surface area contributed by atoms with Crippen LogP contribution in [0, 0.1) is 0 Å². The van der Waals surface area contributed by atoms with E-state index < -0.39 is 23.8 Å². The molecule has 2 amide bonds. The smallest absolute Gasteiger partial charge is 0.337 e. The lowest BCUT2D eigenvalue weighted by molar-refractivity contribution is -0.127. The molecular weight excluding hydrogens is 542 g/mol. The van der Waals surface area contributed by atoms with Crippen LogP contribution in [0.25, 0.3) is 11.0 Å². The van der Waals surface area contributed by atoms with Crippen LogP contribution >= 0.6 is 0 Å². The Hall–Kier alpha value is -4.97. The number of hydrogen-bond donors (Lipinski definition) is 1. The fourth-order valence-electron chi connectivity index (χ4n) is 5.16. The number of methoxy groups -OCH3 is 1. The number of amides is 2. The summed E-state index contributed by atoms with van der Waals surface area (Å²) in [4.78, 5) is 41.8. The van der Waals surface area contributed by atoms with Crippen LogP contribution in [0.4, 0.5) is 5.69 Å². The zero-order valence-electron chi connectivity index (χ0n) is 22.9. The minimum Gasteiger partial charge on any atom is -0.465 e. The van der Waals surface area contributed by atoms with Gasteiger partial charge in [0.2, 0.25) is 18.6 Å². The molecule has 0 bridgehead atoms. The molecule has 6 rings (SSSR count). The lowest BCUT2D eigenvalue weighted by Crippen LogP contribution is -2.46. The quantitative estimate of drug-likeness (QED) is 0.301. The van der Waals surface area contributed by atoms with Crippen LogP contribution in [0.5, 0.6) is 11.5 Å². The molecule has 1 N–H and O–H groups in total. The molecular formula is C30H29N5O7. The van der Waals surface area contributed by atoms with Crippen molar-refractivity contribution in [3.05, 3.63) is 77.9 Å². The van der Waals surface area contributed by atoms with Gasteiger partial charge in [-0.15, -0.1) is 5.10 Å². The highest BCUT2D eigenvalue weighted by Gasteiger charge is 2.35. The van der Waals surface area contributed by atoms with Crippen molar-refractivity contribution in [1.82, 2.24) is 20.3 Å². The topological polar surface area (TPSA) is 134 Å². The molecule has 12 heteroatoms. The number of fused-ring (bicyclic) bond motifs is 2. The Morgan fingerprint density at radius 3 is 2.67 bits per heavy atom. The summed E-state index contributed by atoms with van der Waals surface area (Å²) in [6, 6.07) is 17.7. The molecule has 42 heavy (non-hydrogen) atoms. The predicted octanol–water partition coefficient (Wildman–Crippen LogP) is 3.02. The molecule has 0 saturated carbocycles. The van der Waals surface area contributed by atoms with Crippen molar-refractivity contribution in [2.24, 2.45) is 0 Å². The van der Waals surface area contributed by atoms with E-state index in [1.54, 1.807) is 42.5 Å². The summed E-state index contributed by atoms with van der Waals surface area (Å²) in [5.74, 6) is -0.349. The molecule has 4 aromatic rings. The summed E-state index contributed by atoms with van der Waals surface area (Å²) >= 11 is 0. The summed E-state index contributed by atoms with van der Waals surface area (Å²) in [6.45, 7) is 0.807. The van der Waals surface area contributed by atoms with Crippen molar-refractivity contribution in [1.29, 1.82) is 0 Å². The van der Waals surface area contributed by atoms with E-state index in [0.29, 0.717) is 52.5 Å². The monoisotopic (exact) mass is 571 g/mol. The van der Waals surface area contributed by atoms with Crippen LogP contribution in [-0.2, 0) is 25.6 Å². The van der Waals surface area contributed by atoms with Crippen LogP contribution in [0.2, 0.25) is 0 Å². The van der Waals surface area contributed by atoms with Gasteiger partial charge in [-0.3, -0.25) is 14.5 Å². The number of carbonyl (C=O) groups is 3. The highest BCUT2D eigenvalue weighted by Crippen LogP contribution is 2.38. The van der Waals surface area contributed by atoms with E-state index >= 15 is 0 Å². The van der Waals surface area contributed by atoms with E-state index in [2.05, 4.69) is 15.6 Å². The van der Waals surface area contributed by atoms with Gasteiger partial charge in [-0.1, -0.05) is 29.5 Å². The van der Waals surface area contributed by atoms with E-state index in [4.69, 9.17) is 18.9 Å². The minimum absolute atomic E-state index is 0.0535. The van der Waals surface area contributed by atoms with Crippen LogP contribution in [0.15, 0.2) is 66.7 Å². The Morgan fingerprint density at radius 2 is 1.88 bits per heavy atom. The second kappa shape index (κ2) is 11.9. The van der Waals surface area contributed by atoms with E-state index in [9.17, 15) is 14.4 Å². The molecule has 1 aromatic heterocycles. The lowest BCUT2D eigenvalue weighted by atomic mass is 10.0. The number of ether oxygens (including phenoxy) is 4. The minimum atomic E-state index is -1.11. The van der Waals surface area contributed by atoms with Crippen molar-refractivity contribution < 1.29 is 33.3 Å². The molecule has 3 aromatic carbocycles. The van der Waals surface area contributed by atoms with Gasteiger partial charge < -0.3 is 24.3 Å². The van der Waals surface area contributed by atoms with Gasteiger partial charge in [0.1, 0.15) is 18.1 Å². The van der Waals surface area contributed by atoms with Gasteiger partial charge in [0.25, 0.3) is 0 Å². The molecule has 2 aliphatic heterocycles. The predicted molar refractivity (Wildman–Crippen MR) is 150 cm³/mol. The van der Waals surface area contributed by atoms with Gasteiger partial charge in [-0.05, 0) is 54.8 Å². The van der Waals surface area contributed by atoms with Gasteiger partial charge in [-0.25, -0.2) is 9.48 Å². The number of nitrogens with one attached hydrogen (secondary N) is 1. The first kappa shape index (κ1) is 27.2. The van der Waals surface area contributed by atoms with E-state index in [0.717, 1.165) is 12.8 Å². The molecule has 2 aliphatic rings. The highest BCUT2D eigenvalue weighted by atomic mass is 16.7. The number of rotatable bonds is 9. The number of nitrogens with zero attached hydrogens (tertiary/aromatic N) is 4. The number of anilines is 1. The number of hydrogen-bond acceptors (Lipinski definition) is 9. The van der Waals surface area contributed by atoms with Crippen molar-refractivity contribution in [3.8, 4) is 11.5 Å². The highest BCUT2D eigenvalue weighted by molar-refractivity contribution is 6.02. The molecule has 1 fully saturated rings. The molecule has 1 saturated heterocycles. The summed E-state index contributed by atoms with van der Waals surface area (Å²) in [6.07, 6.45) is 1.66. The third-order valence-electron chi connectivity index (χ3n) is 7.29. The summed E-state index contributed by atoms with van der Waals surface area (Å²) in [5.41, 5.74) is 2.54. The zero-order chi connectivity index (χ0) is 29.1. The van der Waals surface area contributed by atoms with Crippen molar-refractivity contribution in [2.45, 2.75) is 31.5 Å². The fraction of sp³-hybridized carbons (Fsp3) is 0.300. The van der Waals surface area contributed by atoms with Crippen LogP contribution in [0.3, 0.4) is 0 Å². The largest absolute Gasteiger partial charge is 0.465 e. The molecule has 216 valence electrons. The number of carbonyl (C=O) groups excluding carboxylic acids is 3. The van der Waals surface area contributed by atoms with Crippen molar-refractivity contribution in [2.75, 3.05) is 32.0 Å². The van der Waals surface area contributed by atoms with Gasteiger partial charge in [0.05, 0.1) is 24.3 Å². The summed E-state index contributed by atoms with van der Waals surface area (Å²) < 4.78 is 23.1. The van der Waals surface area contributed by atoms with Crippen LogP contribution in [0.1, 0.15) is 34.8 Å². The second-order valence-electron chi connectivity index (χ2n) is 9.93. The van der Waals surface area contributed by atoms with Gasteiger partial charge >= 0.3 is 5.97 Å². The van der Waals surface area contributed by atoms with Crippen LogP contribution < -0.4 is 19.7 Å². The van der Waals surface area contributed by atoms with Crippen LogP contribution in [-0.4, -0.2) is 65.9 Å². The van der Waals surface area contributed by atoms with Gasteiger partial charge in [0, 0.05) is 24.9 Å². The molecule has 0 spiro atoms. The third-order valence-corrected chi connectivity index (χ3v) is 7.29. The number of esters is 1. The van der Waals surface area contributed by atoms with Crippen molar-refractivity contribution >= 4 is 34.5 Å². The third kappa shape index (κ3) is 5.48. The van der Waals surface area contributed by atoms with Crippen molar-refractivity contribution in [3.63, 3.8) is 0 Å². The average molecular weight is 572 g/mol. The molecule has 0 unspecified atom stereocenters.